The van der Waals surface area contributed by atoms with Crippen LogP contribution in [-0.4, -0.2) is 63.4 Å². The monoisotopic (exact) mass is 385 g/mol. The number of amides is 1. The Labute approximate surface area is 153 Å². The van der Waals surface area contributed by atoms with Gasteiger partial charge in [-0.3, -0.25) is 9.69 Å². The highest BCUT2D eigenvalue weighted by atomic mass is 35.5. The Balaban J connectivity index is 0.00000242. The first-order valence-corrected chi connectivity index (χ1v) is 7.97. The lowest BCUT2D eigenvalue weighted by Crippen LogP contribution is -2.48. The molecule has 2 rings (SSSR count). The third-order valence-corrected chi connectivity index (χ3v) is 4.48. The van der Waals surface area contributed by atoms with E-state index < -0.39 is 6.04 Å². The zero-order valence-corrected chi connectivity index (χ0v) is 15.6. The zero-order chi connectivity index (χ0) is 15.1. The first kappa shape index (κ1) is 22.6. The molecule has 134 valence electrons. The number of nitrogens with two attached hydrogens (primary N) is 1. The molecular formula is C14H25Cl2N3O3S. The Kier molecular flexibility index (Phi) is 11.8. The van der Waals surface area contributed by atoms with Gasteiger partial charge in [-0.05, 0) is 11.4 Å². The number of nitrogens with one attached hydrogen (secondary N) is 1. The van der Waals surface area contributed by atoms with Crippen molar-refractivity contribution in [3.8, 4) is 0 Å². The molecule has 9 heteroatoms. The van der Waals surface area contributed by atoms with Crippen molar-refractivity contribution < 1.29 is 14.3 Å². The minimum absolute atomic E-state index is 0. The van der Waals surface area contributed by atoms with E-state index >= 15 is 0 Å². The summed E-state index contributed by atoms with van der Waals surface area (Å²) in [5.74, 6) is -0.174. The fourth-order valence-electron chi connectivity index (χ4n) is 2.36. The Morgan fingerprint density at radius 1 is 1.48 bits per heavy atom. The molecule has 0 aromatic carbocycles. The molecule has 1 aromatic rings. The fourth-order valence-corrected chi connectivity index (χ4v) is 3.22. The summed E-state index contributed by atoms with van der Waals surface area (Å²) in [7, 11) is 1.54. The number of nitrogens with zero attached hydrogens (tertiary/aromatic N) is 1. The summed E-state index contributed by atoms with van der Waals surface area (Å²) in [6.07, 6.45) is 0. The molecule has 2 unspecified atom stereocenters. The van der Waals surface area contributed by atoms with E-state index in [1.165, 1.54) is 12.0 Å². The van der Waals surface area contributed by atoms with Crippen molar-refractivity contribution in [3.05, 3.63) is 22.4 Å². The number of carbonyl (C=O) groups is 1. The summed E-state index contributed by atoms with van der Waals surface area (Å²) in [6, 6.07) is 3.69. The van der Waals surface area contributed by atoms with Crippen molar-refractivity contribution in [1.29, 1.82) is 0 Å². The van der Waals surface area contributed by atoms with Gasteiger partial charge in [-0.1, -0.05) is 6.07 Å². The van der Waals surface area contributed by atoms with Crippen molar-refractivity contribution in [3.63, 3.8) is 0 Å². The van der Waals surface area contributed by atoms with E-state index in [-0.39, 0.29) is 43.4 Å². The summed E-state index contributed by atoms with van der Waals surface area (Å²) in [5, 5.41) is 4.99. The molecule has 1 aliphatic rings. The molecule has 0 aliphatic carbocycles. The molecule has 2 heterocycles. The third kappa shape index (κ3) is 6.93. The van der Waals surface area contributed by atoms with Crippen LogP contribution in [0, 0.1) is 0 Å². The van der Waals surface area contributed by atoms with E-state index in [2.05, 4.69) is 21.7 Å². The van der Waals surface area contributed by atoms with E-state index in [4.69, 9.17) is 15.2 Å². The van der Waals surface area contributed by atoms with E-state index in [0.717, 1.165) is 26.3 Å². The zero-order valence-electron chi connectivity index (χ0n) is 13.1. The number of rotatable bonds is 7. The van der Waals surface area contributed by atoms with Crippen LogP contribution < -0.4 is 11.1 Å². The molecular weight excluding hydrogens is 361 g/mol. The number of ether oxygens (including phenoxy) is 2. The number of morpholine rings is 1. The van der Waals surface area contributed by atoms with Crippen LogP contribution in [0.15, 0.2) is 17.5 Å². The number of halogens is 2. The van der Waals surface area contributed by atoms with Crippen molar-refractivity contribution >= 4 is 42.1 Å². The maximum atomic E-state index is 11.9. The second-order valence-corrected chi connectivity index (χ2v) is 5.97. The van der Waals surface area contributed by atoms with Gasteiger partial charge in [0.1, 0.15) is 6.04 Å². The van der Waals surface area contributed by atoms with Gasteiger partial charge in [0, 0.05) is 31.6 Å². The minimum Gasteiger partial charge on any atom is -0.383 e. The molecule has 23 heavy (non-hydrogen) atoms. The van der Waals surface area contributed by atoms with Crippen molar-refractivity contribution in [1.82, 2.24) is 10.2 Å². The highest BCUT2D eigenvalue weighted by Gasteiger charge is 2.24. The number of thiophene rings is 1. The van der Waals surface area contributed by atoms with Crippen molar-refractivity contribution in [2.75, 3.05) is 46.6 Å². The van der Waals surface area contributed by atoms with Gasteiger partial charge in [-0.2, -0.15) is 0 Å². The van der Waals surface area contributed by atoms with E-state index in [0.29, 0.717) is 6.54 Å². The predicted octanol–water partition coefficient (Wildman–Crippen LogP) is 1.05. The van der Waals surface area contributed by atoms with Crippen LogP contribution in [0.5, 0.6) is 0 Å². The molecule has 1 amide bonds. The number of methoxy groups -OCH3 is 1. The second kappa shape index (κ2) is 12.0. The summed E-state index contributed by atoms with van der Waals surface area (Å²) >= 11 is 1.71. The van der Waals surface area contributed by atoms with E-state index in [1.54, 1.807) is 11.3 Å². The molecule has 6 nitrogen and oxygen atoms in total. The maximum Gasteiger partial charge on any atom is 0.239 e. The SMILES string of the molecule is COCC(N)C(=O)NCC(c1cccs1)N1CCOCC1.Cl.Cl. The van der Waals surface area contributed by atoms with Gasteiger partial charge in [0.2, 0.25) is 5.91 Å². The highest BCUT2D eigenvalue weighted by molar-refractivity contribution is 7.10. The van der Waals surface area contributed by atoms with Gasteiger partial charge in [0.25, 0.3) is 0 Å². The van der Waals surface area contributed by atoms with Gasteiger partial charge in [0.05, 0.1) is 25.9 Å². The van der Waals surface area contributed by atoms with Crippen LogP contribution >= 0.6 is 36.2 Å². The normalized spacial score (nSPS) is 17.5. The molecule has 1 aliphatic heterocycles. The lowest BCUT2D eigenvalue weighted by Gasteiger charge is -2.34. The smallest absolute Gasteiger partial charge is 0.239 e. The van der Waals surface area contributed by atoms with Gasteiger partial charge in [-0.25, -0.2) is 0 Å². The lowest BCUT2D eigenvalue weighted by atomic mass is 10.1. The van der Waals surface area contributed by atoms with Gasteiger partial charge >= 0.3 is 0 Å². The van der Waals surface area contributed by atoms with Crippen LogP contribution in [0.4, 0.5) is 0 Å². The van der Waals surface area contributed by atoms with Crippen LogP contribution in [0.2, 0.25) is 0 Å². The van der Waals surface area contributed by atoms with Crippen molar-refractivity contribution in [2.45, 2.75) is 12.1 Å². The predicted molar refractivity (Wildman–Crippen MR) is 96.8 cm³/mol. The molecule has 1 saturated heterocycles. The standard InChI is InChI=1S/C14H23N3O3S.2ClH/c1-19-10-11(15)14(18)16-9-12(13-3-2-8-21-13)17-4-6-20-7-5-17;;/h2-3,8,11-12H,4-7,9-10,15H2,1H3,(H,16,18);2*1H. The molecule has 1 fully saturated rings. The fraction of sp³-hybridized carbons (Fsp3) is 0.643. The average Bonchev–Trinajstić information content (AvgIpc) is 3.03. The quantitative estimate of drug-likeness (QED) is 0.733. The second-order valence-electron chi connectivity index (χ2n) is 4.99. The van der Waals surface area contributed by atoms with Crippen LogP contribution in [0.1, 0.15) is 10.9 Å². The topological polar surface area (TPSA) is 76.8 Å². The molecule has 0 bridgehead atoms. The van der Waals surface area contributed by atoms with Gasteiger partial charge < -0.3 is 20.5 Å². The highest BCUT2D eigenvalue weighted by Crippen LogP contribution is 2.25. The van der Waals surface area contributed by atoms with E-state index in [1.807, 2.05) is 6.07 Å². The Morgan fingerprint density at radius 2 is 2.17 bits per heavy atom. The molecule has 0 saturated carbocycles. The van der Waals surface area contributed by atoms with Crippen molar-refractivity contribution in [2.24, 2.45) is 5.73 Å². The number of carbonyl (C=O) groups excluding carboxylic acids is 1. The van der Waals surface area contributed by atoms with Crippen LogP contribution in [0.3, 0.4) is 0 Å². The summed E-state index contributed by atoms with van der Waals surface area (Å²) in [5.41, 5.74) is 5.74. The first-order valence-electron chi connectivity index (χ1n) is 7.09. The largest absolute Gasteiger partial charge is 0.383 e. The Bertz CT molecular complexity index is 431. The molecule has 3 N–H and O–H groups in total. The van der Waals surface area contributed by atoms with Crippen LogP contribution in [-0.2, 0) is 14.3 Å². The molecule has 0 radical (unpaired) electrons. The van der Waals surface area contributed by atoms with Gasteiger partial charge in [-0.15, -0.1) is 36.2 Å². The minimum atomic E-state index is -0.622. The first-order chi connectivity index (χ1) is 10.2. The third-order valence-electron chi connectivity index (χ3n) is 3.51. The Hall–Kier alpha value is -0.410. The summed E-state index contributed by atoms with van der Waals surface area (Å²) in [6.45, 7) is 4.01. The maximum absolute atomic E-state index is 11.9. The molecule has 2 atom stereocenters. The Morgan fingerprint density at radius 3 is 2.74 bits per heavy atom. The van der Waals surface area contributed by atoms with E-state index in [9.17, 15) is 4.79 Å². The number of hydrogen-bond donors (Lipinski definition) is 2. The molecule has 1 aromatic heterocycles. The average molecular weight is 386 g/mol. The molecule has 0 spiro atoms. The summed E-state index contributed by atoms with van der Waals surface area (Å²) in [4.78, 5) is 15.5. The van der Waals surface area contributed by atoms with Crippen LogP contribution in [0.25, 0.3) is 0 Å². The summed E-state index contributed by atoms with van der Waals surface area (Å²) < 4.78 is 10.3. The lowest BCUT2D eigenvalue weighted by molar-refractivity contribution is -0.123. The number of hydrogen-bond acceptors (Lipinski definition) is 6. The van der Waals surface area contributed by atoms with Gasteiger partial charge in [0.15, 0.2) is 0 Å².